The van der Waals surface area contributed by atoms with E-state index in [1.807, 2.05) is 34.6 Å². The quantitative estimate of drug-likeness (QED) is 0.274. The van der Waals surface area contributed by atoms with Crippen LogP contribution in [-0.4, -0.2) is 76.8 Å². The summed E-state index contributed by atoms with van der Waals surface area (Å²) in [5.74, 6) is -1.41. The third-order valence-electron chi connectivity index (χ3n) is 4.36. The van der Waals surface area contributed by atoms with E-state index in [2.05, 4.69) is 5.32 Å². The van der Waals surface area contributed by atoms with Crippen LogP contribution in [0, 0.1) is 17.3 Å². The maximum absolute atomic E-state index is 12.7. The monoisotopic (exact) mass is 417 g/mol. The van der Waals surface area contributed by atoms with Gasteiger partial charge in [-0.05, 0) is 17.8 Å². The molecule has 1 amide bonds. The molecule has 0 saturated carbocycles. The van der Waals surface area contributed by atoms with Crippen LogP contribution in [0.25, 0.3) is 0 Å². The number of hydrogen-bond acceptors (Lipinski definition) is 7. The SMILES string of the molecule is CO[C@@H](C(=O)C[C@@H](CC(C)C)C(=O)NCCO)[C@H](O)[C@@H](O)[C@H](O)/C=C/C(C)(C)C. The number of aliphatic hydroxyl groups is 4. The highest BCUT2D eigenvalue weighted by Crippen LogP contribution is 2.21. The number of carbonyl (C=O) groups excluding carboxylic acids is 2. The molecular weight excluding hydrogens is 378 g/mol. The minimum absolute atomic E-state index is 0.0863. The lowest BCUT2D eigenvalue weighted by Gasteiger charge is -2.28. The van der Waals surface area contributed by atoms with E-state index in [-0.39, 0.29) is 36.8 Å². The molecular formula is C21H39NO7. The molecule has 0 unspecified atom stereocenters. The minimum Gasteiger partial charge on any atom is -0.395 e. The molecule has 0 rings (SSSR count). The zero-order valence-electron chi connectivity index (χ0n) is 18.5. The van der Waals surface area contributed by atoms with Gasteiger partial charge in [0.2, 0.25) is 5.91 Å². The summed E-state index contributed by atoms with van der Waals surface area (Å²) >= 11 is 0. The van der Waals surface area contributed by atoms with E-state index in [1.54, 1.807) is 6.08 Å². The highest BCUT2D eigenvalue weighted by molar-refractivity contribution is 5.89. The molecule has 0 fully saturated rings. The molecule has 8 nitrogen and oxygen atoms in total. The average molecular weight is 418 g/mol. The van der Waals surface area contributed by atoms with Gasteiger partial charge >= 0.3 is 0 Å². The van der Waals surface area contributed by atoms with Gasteiger partial charge in [-0.3, -0.25) is 9.59 Å². The van der Waals surface area contributed by atoms with Crippen molar-refractivity contribution in [2.75, 3.05) is 20.3 Å². The fourth-order valence-corrected chi connectivity index (χ4v) is 2.88. The van der Waals surface area contributed by atoms with Crippen LogP contribution in [0.15, 0.2) is 12.2 Å². The topological polar surface area (TPSA) is 136 Å². The number of allylic oxidation sites excluding steroid dienone is 1. The first kappa shape index (κ1) is 27.7. The predicted octanol–water partition coefficient (Wildman–Crippen LogP) is 0.416. The molecule has 5 atom stereocenters. The first-order valence-electron chi connectivity index (χ1n) is 10.0. The molecule has 0 aliphatic carbocycles. The van der Waals surface area contributed by atoms with Gasteiger partial charge in [0.15, 0.2) is 5.78 Å². The van der Waals surface area contributed by atoms with Crippen LogP contribution in [0.5, 0.6) is 0 Å². The van der Waals surface area contributed by atoms with Gasteiger partial charge in [0.05, 0.1) is 6.61 Å². The van der Waals surface area contributed by atoms with Crippen molar-refractivity contribution in [3.05, 3.63) is 12.2 Å². The highest BCUT2D eigenvalue weighted by atomic mass is 16.5. The van der Waals surface area contributed by atoms with Crippen LogP contribution in [0.1, 0.15) is 47.5 Å². The zero-order valence-corrected chi connectivity index (χ0v) is 18.5. The third-order valence-corrected chi connectivity index (χ3v) is 4.36. The van der Waals surface area contributed by atoms with Gasteiger partial charge < -0.3 is 30.5 Å². The van der Waals surface area contributed by atoms with Crippen molar-refractivity contribution in [1.29, 1.82) is 0 Å². The molecule has 0 heterocycles. The van der Waals surface area contributed by atoms with E-state index >= 15 is 0 Å². The van der Waals surface area contributed by atoms with E-state index in [9.17, 15) is 24.9 Å². The second-order valence-electron chi connectivity index (χ2n) is 8.86. The second-order valence-corrected chi connectivity index (χ2v) is 8.86. The average Bonchev–Trinajstić information content (AvgIpc) is 2.62. The summed E-state index contributed by atoms with van der Waals surface area (Å²) in [6.45, 7) is 9.45. The maximum atomic E-state index is 12.7. The van der Waals surface area contributed by atoms with Crippen molar-refractivity contribution < 1.29 is 34.8 Å². The number of ether oxygens (including phenoxy) is 1. The van der Waals surface area contributed by atoms with Crippen LogP contribution in [0.3, 0.4) is 0 Å². The molecule has 0 aromatic carbocycles. The van der Waals surface area contributed by atoms with Gasteiger partial charge in [-0.25, -0.2) is 0 Å². The Balaban J connectivity index is 5.21. The number of carbonyl (C=O) groups is 2. The molecule has 0 aromatic rings. The summed E-state index contributed by atoms with van der Waals surface area (Å²) in [4.78, 5) is 25.0. The summed E-state index contributed by atoms with van der Waals surface area (Å²) in [5.41, 5.74) is -0.228. The lowest BCUT2D eigenvalue weighted by molar-refractivity contribution is -0.149. The van der Waals surface area contributed by atoms with E-state index < -0.39 is 36.1 Å². The summed E-state index contributed by atoms with van der Waals surface area (Å²) in [7, 11) is 1.22. The van der Waals surface area contributed by atoms with E-state index in [0.29, 0.717) is 6.42 Å². The van der Waals surface area contributed by atoms with Gasteiger partial charge in [-0.2, -0.15) is 0 Å². The molecule has 170 valence electrons. The molecule has 0 bridgehead atoms. The first-order valence-corrected chi connectivity index (χ1v) is 10.0. The van der Waals surface area contributed by atoms with Crippen molar-refractivity contribution in [2.24, 2.45) is 17.3 Å². The molecule has 0 radical (unpaired) electrons. The first-order chi connectivity index (χ1) is 13.3. The molecule has 0 saturated heterocycles. The lowest BCUT2D eigenvalue weighted by atomic mass is 9.88. The fraction of sp³-hybridized carbons (Fsp3) is 0.810. The Hall–Kier alpha value is -1.32. The molecule has 8 heteroatoms. The van der Waals surface area contributed by atoms with Crippen LogP contribution in [0.2, 0.25) is 0 Å². The molecule has 5 N–H and O–H groups in total. The van der Waals surface area contributed by atoms with Crippen molar-refractivity contribution in [3.8, 4) is 0 Å². The van der Waals surface area contributed by atoms with Crippen LogP contribution < -0.4 is 5.32 Å². The lowest BCUT2D eigenvalue weighted by Crippen LogP contribution is -2.49. The Morgan fingerprint density at radius 3 is 2.14 bits per heavy atom. The maximum Gasteiger partial charge on any atom is 0.223 e. The second kappa shape index (κ2) is 13.1. The molecule has 0 aliphatic heterocycles. The summed E-state index contributed by atoms with van der Waals surface area (Å²) < 4.78 is 5.09. The Bertz CT molecular complexity index is 528. The normalized spacial score (nSPS) is 17.8. The number of Topliss-reactive ketones (excluding diaryl/α,β-unsaturated/α-hetero) is 1. The Labute approximate surface area is 174 Å². The standard InChI is InChI=1S/C21H39NO7/c1-13(2)11-14(20(28)22-9-10-23)12-16(25)19(29-6)18(27)17(26)15(24)7-8-21(3,4)5/h7-8,13-15,17-19,23-24,26-27H,9-12H2,1-6H3,(H,22,28)/b8-7+/t14-,15-,17+,18-,19+/m1/s1. The van der Waals surface area contributed by atoms with Crippen molar-refractivity contribution in [3.63, 3.8) is 0 Å². The number of amides is 1. The third kappa shape index (κ3) is 10.9. The number of aliphatic hydroxyl groups excluding tert-OH is 4. The van der Waals surface area contributed by atoms with Gasteiger partial charge in [-0.15, -0.1) is 0 Å². The van der Waals surface area contributed by atoms with Crippen LogP contribution in [0.4, 0.5) is 0 Å². The largest absolute Gasteiger partial charge is 0.395 e. The van der Waals surface area contributed by atoms with E-state index in [0.717, 1.165) is 0 Å². The molecule has 0 spiro atoms. The Morgan fingerprint density at radius 1 is 1.10 bits per heavy atom. The van der Waals surface area contributed by atoms with Crippen LogP contribution in [-0.2, 0) is 14.3 Å². The number of nitrogens with one attached hydrogen (secondary N) is 1. The fourth-order valence-electron chi connectivity index (χ4n) is 2.88. The number of hydrogen-bond donors (Lipinski definition) is 5. The van der Waals surface area contributed by atoms with Crippen LogP contribution >= 0.6 is 0 Å². The number of rotatable bonds is 13. The van der Waals surface area contributed by atoms with Crippen molar-refractivity contribution >= 4 is 11.7 Å². The van der Waals surface area contributed by atoms with E-state index in [4.69, 9.17) is 9.84 Å². The predicted molar refractivity (Wildman–Crippen MR) is 110 cm³/mol. The highest BCUT2D eigenvalue weighted by Gasteiger charge is 2.37. The van der Waals surface area contributed by atoms with Crippen molar-refractivity contribution in [1.82, 2.24) is 5.32 Å². The Kier molecular flexibility index (Phi) is 12.5. The summed E-state index contributed by atoms with van der Waals surface area (Å²) in [6, 6.07) is 0. The van der Waals surface area contributed by atoms with E-state index in [1.165, 1.54) is 13.2 Å². The molecule has 29 heavy (non-hydrogen) atoms. The van der Waals surface area contributed by atoms with Gasteiger partial charge in [0, 0.05) is 26.0 Å². The molecule has 0 aliphatic rings. The zero-order chi connectivity index (χ0) is 22.8. The van der Waals surface area contributed by atoms with Gasteiger partial charge in [0.25, 0.3) is 0 Å². The Morgan fingerprint density at radius 2 is 1.69 bits per heavy atom. The molecule has 0 aromatic heterocycles. The number of ketones is 1. The van der Waals surface area contributed by atoms with Gasteiger partial charge in [0.1, 0.15) is 24.4 Å². The van der Waals surface area contributed by atoms with Gasteiger partial charge in [-0.1, -0.05) is 46.8 Å². The minimum atomic E-state index is -1.66. The van der Waals surface area contributed by atoms with Crippen molar-refractivity contribution in [2.45, 2.75) is 71.9 Å². The number of methoxy groups -OCH3 is 1. The smallest absolute Gasteiger partial charge is 0.223 e. The summed E-state index contributed by atoms with van der Waals surface area (Å²) in [6.07, 6.45) is -2.74. The summed E-state index contributed by atoms with van der Waals surface area (Å²) in [5, 5.41) is 42.2.